The zero-order valence-corrected chi connectivity index (χ0v) is 13.9. The third-order valence-corrected chi connectivity index (χ3v) is 4.22. The molecule has 0 saturated carbocycles. The highest BCUT2D eigenvalue weighted by molar-refractivity contribution is 7.99. The van der Waals surface area contributed by atoms with E-state index in [9.17, 15) is 9.59 Å². The third-order valence-electron chi connectivity index (χ3n) is 3.28. The molecule has 2 rings (SSSR count). The highest BCUT2D eigenvalue weighted by atomic mass is 32.2. The van der Waals surface area contributed by atoms with E-state index in [1.165, 1.54) is 11.8 Å². The molecule has 0 fully saturated rings. The second kappa shape index (κ2) is 7.82. The minimum absolute atomic E-state index is 0.0415. The summed E-state index contributed by atoms with van der Waals surface area (Å²) in [6, 6.07) is 9.64. The molecule has 2 aromatic rings. The number of thioether (sulfide) groups is 1. The largest absolute Gasteiger partial charge is 0.481 e. The molecule has 0 saturated heterocycles. The lowest BCUT2D eigenvalue weighted by Crippen LogP contribution is -2.27. The summed E-state index contributed by atoms with van der Waals surface area (Å²) in [5.74, 6) is -0.432. The Morgan fingerprint density at radius 1 is 1.26 bits per heavy atom. The van der Waals surface area contributed by atoms with Crippen LogP contribution in [0.15, 0.2) is 30.3 Å². The van der Waals surface area contributed by atoms with Crippen LogP contribution in [0.1, 0.15) is 21.7 Å². The van der Waals surface area contributed by atoms with Gasteiger partial charge in [-0.15, -0.1) is 11.8 Å². The van der Waals surface area contributed by atoms with Crippen molar-refractivity contribution in [2.45, 2.75) is 13.8 Å². The number of amides is 1. The fourth-order valence-corrected chi connectivity index (χ4v) is 2.84. The lowest BCUT2D eigenvalue weighted by Gasteiger charge is -2.06. The Kier molecular flexibility index (Phi) is 5.81. The summed E-state index contributed by atoms with van der Waals surface area (Å²) in [5.41, 5.74) is 2.92. The first-order chi connectivity index (χ1) is 11.0. The van der Waals surface area contributed by atoms with E-state index in [1.54, 1.807) is 11.6 Å². The van der Waals surface area contributed by atoms with Crippen molar-refractivity contribution in [3.05, 3.63) is 47.3 Å². The van der Waals surface area contributed by atoms with Crippen molar-refractivity contribution in [2.24, 2.45) is 0 Å². The van der Waals surface area contributed by atoms with Crippen molar-refractivity contribution in [1.29, 1.82) is 0 Å². The summed E-state index contributed by atoms with van der Waals surface area (Å²) < 4.78 is 1.75. The molecule has 1 aromatic carbocycles. The second-order valence-corrected chi connectivity index (χ2v) is 6.10. The first-order valence-electron chi connectivity index (χ1n) is 7.20. The van der Waals surface area contributed by atoms with Crippen LogP contribution in [0.3, 0.4) is 0 Å². The van der Waals surface area contributed by atoms with Crippen LogP contribution in [-0.4, -0.2) is 44.8 Å². The fraction of sp³-hybridized carbons (Fsp3) is 0.312. The molecule has 0 radical (unpaired) electrons. The van der Waals surface area contributed by atoms with Gasteiger partial charge in [0.05, 0.1) is 28.4 Å². The van der Waals surface area contributed by atoms with Gasteiger partial charge in [-0.2, -0.15) is 5.10 Å². The number of aryl methyl sites for hydroxylation is 1. The number of benzene rings is 1. The van der Waals surface area contributed by atoms with Gasteiger partial charge in [0, 0.05) is 12.3 Å². The Labute approximate surface area is 138 Å². The van der Waals surface area contributed by atoms with Crippen molar-refractivity contribution in [1.82, 2.24) is 15.1 Å². The molecule has 1 aromatic heterocycles. The molecule has 0 bridgehead atoms. The SMILES string of the molecule is Cc1nn(-c2ccccc2)c(C)c1C(=O)NCCSCC(=O)O. The average molecular weight is 333 g/mol. The van der Waals surface area contributed by atoms with Gasteiger partial charge in [0.1, 0.15) is 0 Å². The molecule has 0 aliphatic heterocycles. The smallest absolute Gasteiger partial charge is 0.313 e. The van der Waals surface area contributed by atoms with Gasteiger partial charge in [-0.05, 0) is 26.0 Å². The number of carbonyl (C=O) groups is 2. The molecular weight excluding hydrogens is 314 g/mol. The maximum absolute atomic E-state index is 12.3. The molecule has 1 heterocycles. The standard InChI is InChI=1S/C16H19N3O3S/c1-11-15(16(22)17-8-9-23-10-14(20)21)12(2)19(18-11)13-6-4-3-5-7-13/h3-7H,8-10H2,1-2H3,(H,17,22)(H,20,21). The van der Waals surface area contributed by atoms with Gasteiger partial charge in [0.15, 0.2) is 0 Å². The zero-order valence-electron chi connectivity index (χ0n) is 13.1. The summed E-state index contributed by atoms with van der Waals surface area (Å²) >= 11 is 1.27. The summed E-state index contributed by atoms with van der Waals surface area (Å²) in [6.07, 6.45) is 0. The van der Waals surface area contributed by atoms with E-state index in [0.29, 0.717) is 23.6 Å². The van der Waals surface area contributed by atoms with E-state index in [0.717, 1.165) is 11.4 Å². The van der Waals surface area contributed by atoms with Gasteiger partial charge in [-0.3, -0.25) is 9.59 Å². The molecule has 7 heteroatoms. The molecule has 0 unspecified atom stereocenters. The quantitative estimate of drug-likeness (QED) is 0.758. The van der Waals surface area contributed by atoms with E-state index in [1.807, 2.05) is 37.3 Å². The number of carboxylic acid groups (broad SMARTS) is 1. The number of para-hydroxylation sites is 1. The number of hydrogen-bond acceptors (Lipinski definition) is 4. The number of nitrogens with zero attached hydrogens (tertiary/aromatic N) is 2. The Morgan fingerprint density at radius 3 is 2.61 bits per heavy atom. The van der Waals surface area contributed by atoms with Gasteiger partial charge in [-0.1, -0.05) is 18.2 Å². The first kappa shape index (κ1) is 17.1. The number of aromatic nitrogens is 2. The molecular formula is C16H19N3O3S. The Morgan fingerprint density at radius 2 is 1.96 bits per heavy atom. The van der Waals surface area contributed by atoms with Gasteiger partial charge < -0.3 is 10.4 Å². The van der Waals surface area contributed by atoms with Crippen LogP contribution in [0.4, 0.5) is 0 Å². The molecule has 122 valence electrons. The Hall–Kier alpha value is -2.28. The van der Waals surface area contributed by atoms with Crippen LogP contribution < -0.4 is 5.32 Å². The van der Waals surface area contributed by atoms with Gasteiger partial charge in [0.25, 0.3) is 5.91 Å². The van der Waals surface area contributed by atoms with Crippen molar-refractivity contribution in [3.63, 3.8) is 0 Å². The van der Waals surface area contributed by atoms with Crippen LogP contribution in [-0.2, 0) is 4.79 Å². The van der Waals surface area contributed by atoms with E-state index in [-0.39, 0.29) is 11.7 Å². The van der Waals surface area contributed by atoms with Crippen LogP contribution in [0.2, 0.25) is 0 Å². The van der Waals surface area contributed by atoms with Gasteiger partial charge >= 0.3 is 5.97 Å². The summed E-state index contributed by atoms with van der Waals surface area (Å²) in [5, 5.41) is 15.8. The lowest BCUT2D eigenvalue weighted by molar-refractivity contribution is -0.133. The number of carboxylic acids is 1. The maximum Gasteiger partial charge on any atom is 0.313 e. The lowest BCUT2D eigenvalue weighted by atomic mass is 10.2. The number of aliphatic carboxylic acids is 1. The number of nitrogens with one attached hydrogen (secondary N) is 1. The first-order valence-corrected chi connectivity index (χ1v) is 8.35. The maximum atomic E-state index is 12.3. The van der Waals surface area contributed by atoms with E-state index in [2.05, 4.69) is 10.4 Å². The van der Waals surface area contributed by atoms with Crippen LogP contribution in [0.5, 0.6) is 0 Å². The molecule has 0 spiro atoms. The fourth-order valence-electron chi connectivity index (χ4n) is 2.28. The minimum Gasteiger partial charge on any atom is -0.481 e. The molecule has 0 atom stereocenters. The van der Waals surface area contributed by atoms with Crippen molar-refractivity contribution < 1.29 is 14.7 Å². The minimum atomic E-state index is -0.850. The van der Waals surface area contributed by atoms with Crippen LogP contribution in [0.25, 0.3) is 5.69 Å². The van der Waals surface area contributed by atoms with Crippen LogP contribution >= 0.6 is 11.8 Å². The van der Waals surface area contributed by atoms with E-state index < -0.39 is 5.97 Å². The summed E-state index contributed by atoms with van der Waals surface area (Å²) in [6.45, 7) is 4.09. The molecule has 6 nitrogen and oxygen atoms in total. The summed E-state index contributed by atoms with van der Waals surface area (Å²) in [7, 11) is 0. The van der Waals surface area contributed by atoms with Crippen molar-refractivity contribution >= 4 is 23.6 Å². The van der Waals surface area contributed by atoms with Crippen molar-refractivity contribution in [3.8, 4) is 5.69 Å². The number of rotatable bonds is 7. The van der Waals surface area contributed by atoms with Gasteiger partial charge in [0.2, 0.25) is 0 Å². The molecule has 0 aliphatic rings. The summed E-state index contributed by atoms with van der Waals surface area (Å²) in [4.78, 5) is 22.8. The zero-order chi connectivity index (χ0) is 16.8. The molecule has 0 aliphatic carbocycles. The highest BCUT2D eigenvalue weighted by Crippen LogP contribution is 2.17. The Bertz CT molecular complexity index is 698. The van der Waals surface area contributed by atoms with E-state index >= 15 is 0 Å². The predicted molar refractivity (Wildman–Crippen MR) is 90.3 cm³/mol. The topological polar surface area (TPSA) is 84.2 Å². The second-order valence-electron chi connectivity index (χ2n) is 5.00. The monoisotopic (exact) mass is 333 g/mol. The number of hydrogen-bond donors (Lipinski definition) is 2. The Balaban J connectivity index is 2.04. The normalized spacial score (nSPS) is 10.5. The molecule has 2 N–H and O–H groups in total. The van der Waals surface area contributed by atoms with Crippen LogP contribution in [0, 0.1) is 13.8 Å². The number of carbonyl (C=O) groups excluding carboxylic acids is 1. The highest BCUT2D eigenvalue weighted by Gasteiger charge is 2.18. The third kappa shape index (κ3) is 4.35. The molecule has 1 amide bonds. The van der Waals surface area contributed by atoms with Crippen molar-refractivity contribution in [2.75, 3.05) is 18.1 Å². The van der Waals surface area contributed by atoms with Gasteiger partial charge in [-0.25, -0.2) is 4.68 Å². The van der Waals surface area contributed by atoms with E-state index in [4.69, 9.17) is 5.11 Å². The predicted octanol–water partition coefficient (Wildman–Crippen LogP) is 2.04. The molecule has 23 heavy (non-hydrogen) atoms. The average Bonchev–Trinajstić information content (AvgIpc) is 2.82.